The zero-order chi connectivity index (χ0) is 22.8. The van der Waals surface area contributed by atoms with Crippen LogP contribution in [0.25, 0.3) is 0 Å². The third kappa shape index (κ3) is 4.63. The second kappa shape index (κ2) is 9.80. The predicted molar refractivity (Wildman–Crippen MR) is 129 cm³/mol. The molecule has 1 aromatic heterocycles. The maximum atomic E-state index is 13.0. The Bertz CT molecular complexity index is 1020. The van der Waals surface area contributed by atoms with Crippen molar-refractivity contribution in [1.29, 1.82) is 0 Å². The summed E-state index contributed by atoms with van der Waals surface area (Å²) in [6.07, 6.45) is 12.2. The highest BCUT2D eigenvalue weighted by atomic mass is 16.5. The zero-order valence-corrected chi connectivity index (χ0v) is 20.1. The van der Waals surface area contributed by atoms with Crippen molar-refractivity contribution in [1.82, 2.24) is 19.8 Å². The molecule has 3 heterocycles. The molecule has 1 atom stereocenters. The highest BCUT2D eigenvalue weighted by Gasteiger charge is 2.30. The van der Waals surface area contributed by atoms with E-state index >= 15 is 0 Å². The van der Waals surface area contributed by atoms with Crippen molar-refractivity contribution in [3.63, 3.8) is 0 Å². The molecule has 1 aromatic carbocycles. The van der Waals surface area contributed by atoms with E-state index in [2.05, 4.69) is 17.0 Å². The Labute approximate surface area is 197 Å². The van der Waals surface area contributed by atoms with E-state index in [1.807, 2.05) is 11.8 Å². The maximum Gasteiger partial charge on any atom is 0.257 e. The number of aryl methyl sites for hydroxylation is 3. The van der Waals surface area contributed by atoms with E-state index < -0.39 is 0 Å². The molecule has 0 saturated carbocycles. The molecule has 0 unspecified atom stereocenters. The summed E-state index contributed by atoms with van der Waals surface area (Å²) in [7, 11) is 1.78. The van der Waals surface area contributed by atoms with E-state index in [1.165, 1.54) is 42.4 Å². The number of hydrogen-bond donors (Lipinski definition) is 0. The SMILES string of the molecule is COc1cc2c(cc1CN1CCC[C@@H]1c1ncc(C(=O)N3CCCCC3)c(C)n1)CCCC2. The minimum Gasteiger partial charge on any atom is -0.496 e. The lowest BCUT2D eigenvalue weighted by Gasteiger charge is -2.28. The van der Waals surface area contributed by atoms with Crippen LogP contribution in [0.4, 0.5) is 0 Å². The van der Waals surface area contributed by atoms with Crippen LogP contribution in [0.15, 0.2) is 18.3 Å². The molecule has 3 aliphatic rings. The van der Waals surface area contributed by atoms with Crippen molar-refractivity contribution < 1.29 is 9.53 Å². The Hall–Kier alpha value is -2.47. The molecule has 0 bridgehead atoms. The van der Waals surface area contributed by atoms with Gasteiger partial charge in [0.25, 0.3) is 5.91 Å². The van der Waals surface area contributed by atoms with Gasteiger partial charge in [0.15, 0.2) is 0 Å². The summed E-state index contributed by atoms with van der Waals surface area (Å²) in [4.78, 5) is 27.0. The topological polar surface area (TPSA) is 58.6 Å². The Morgan fingerprint density at radius 2 is 1.79 bits per heavy atom. The molecular weight excluding hydrogens is 412 g/mol. The number of fused-ring (bicyclic) bond motifs is 1. The van der Waals surface area contributed by atoms with E-state index in [4.69, 9.17) is 14.7 Å². The van der Waals surface area contributed by atoms with Gasteiger partial charge in [0, 0.05) is 31.4 Å². The van der Waals surface area contributed by atoms with Crippen molar-refractivity contribution >= 4 is 5.91 Å². The van der Waals surface area contributed by atoms with E-state index in [-0.39, 0.29) is 11.9 Å². The van der Waals surface area contributed by atoms with Gasteiger partial charge in [-0.2, -0.15) is 0 Å². The number of carbonyl (C=O) groups is 1. The second-order valence-corrected chi connectivity index (χ2v) is 9.85. The molecule has 176 valence electrons. The first kappa shape index (κ1) is 22.3. The van der Waals surface area contributed by atoms with Gasteiger partial charge in [-0.1, -0.05) is 6.07 Å². The van der Waals surface area contributed by atoms with Crippen LogP contribution in [0.3, 0.4) is 0 Å². The highest BCUT2D eigenvalue weighted by molar-refractivity contribution is 5.95. The smallest absolute Gasteiger partial charge is 0.257 e. The van der Waals surface area contributed by atoms with Gasteiger partial charge in [0.05, 0.1) is 24.4 Å². The average molecular weight is 449 g/mol. The summed E-state index contributed by atoms with van der Waals surface area (Å²) in [5.74, 6) is 1.93. The third-order valence-electron chi connectivity index (χ3n) is 7.65. The molecule has 1 amide bonds. The second-order valence-electron chi connectivity index (χ2n) is 9.85. The van der Waals surface area contributed by atoms with Crippen molar-refractivity contribution in [3.8, 4) is 5.75 Å². The van der Waals surface area contributed by atoms with Gasteiger partial charge in [0.1, 0.15) is 11.6 Å². The molecule has 0 radical (unpaired) electrons. The highest BCUT2D eigenvalue weighted by Crippen LogP contribution is 2.35. The van der Waals surface area contributed by atoms with Crippen LogP contribution in [0.1, 0.15) is 89.6 Å². The molecular formula is C27H36N4O2. The van der Waals surface area contributed by atoms with Crippen molar-refractivity contribution in [2.45, 2.75) is 77.3 Å². The fourth-order valence-electron chi connectivity index (χ4n) is 5.78. The van der Waals surface area contributed by atoms with Gasteiger partial charge in [-0.3, -0.25) is 9.69 Å². The van der Waals surface area contributed by atoms with Crippen LogP contribution in [0.5, 0.6) is 5.75 Å². The van der Waals surface area contributed by atoms with Crippen LogP contribution in [-0.4, -0.2) is 52.4 Å². The van der Waals surface area contributed by atoms with E-state index in [0.29, 0.717) is 5.56 Å². The van der Waals surface area contributed by atoms with Gasteiger partial charge >= 0.3 is 0 Å². The van der Waals surface area contributed by atoms with E-state index in [9.17, 15) is 4.79 Å². The number of ether oxygens (including phenoxy) is 1. The van der Waals surface area contributed by atoms with Gasteiger partial charge in [-0.25, -0.2) is 9.97 Å². The molecule has 2 aliphatic heterocycles. The number of aromatic nitrogens is 2. The molecule has 2 fully saturated rings. The van der Waals surface area contributed by atoms with Crippen LogP contribution in [-0.2, 0) is 19.4 Å². The van der Waals surface area contributed by atoms with E-state index in [1.54, 1.807) is 13.3 Å². The monoisotopic (exact) mass is 448 g/mol. The lowest BCUT2D eigenvalue weighted by Crippen LogP contribution is -2.36. The molecule has 1 aliphatic carbocycles. The third-order valence-corrected chi connectivity index (χ3v) is 7.65. The number of likely N-dealkylation sites (tertiary alicyclic amines) is 2. The zero-order valence-electron chi connectivity index (χ0n) is 20.1. The molecule has 5 rings (SSSR count). The molecule has 0 spiro atoms. The average Bonchev–Trinajstić information content (AvgIpc) is 3.32. The number of amides is 1. The number of methoxy groups -OCH3 is 1. The Morgan fingerprint density at radius 1 is 1.03 bits per heavy atom. The first-order valence-electron chi connectivity index (χ1n) is 12.7. The summed E-state index contributed by atoms with van der Waals surface area (Å²) in [6.45, 7) is 5.52. The summed E-state index contributed by atoms with van der Waals surface area (Å²) >= 11 is 0. The van der Waals surface area contributed by atoms with Gasteiger partial charge in [0.2, 0.25) is 0 Å². The molecule has 6 nitrogen and oxygen atoms in total. The number of piperidine rings is 1. The van der Waals surface area contributed by atoms with Crippen molar-refractivity contribution in [3.05, 3.63) is 52.1 Å². The van der Waals surface area contributed by atoms with Crippen LogP contribution in [0.2, 0.25) is 0 Å². The Balaban J connectivity index is 1.35. The first-order chi connectivity index (χ1) is 16.1. The number of carbonyl (C=O) groups excluding carboxylic acids is 1. The van der Waals surface area contributed by atoms with Crippen molar-refractivity contribution in [2.24, 2.45) is 0 Å². The van der Waals surface area contributed by atoms with E-state index in [0.717, 1.165) is 75.6 Å². The van der Waals surface area contributed by atoms with Crippen LogP contribution in [0, 0.1) is 6.92 Å². The predicted octanol–water partition coefficient (Wildman–Crippen LogP) is 4.64. The van der Waals surface area contributed by atoms with Gasteiger partial charge in [-0.05, 0) is 88.4 Å². The molecule has 2 aromatic rings. The molecule has 6 heteroatoms. The molecule has 33 heavy (non-hydrogen) atoms. The van der Waals surface area contributed by atoms with Crippen molar-refractivity contribution in [2.75, 3.05) is 26.7 Å². The summed E-state index contributed by atoms with van der Waals surface area (Å²) < 4.78 is 5.78. The number of benzene rings is 1. The lowest BCUT2D eigenvalue weighted by molar-refractivity contribution is 0.0722. The minimum absolute atomic E-state index is 0.0841. The lowest BCUT2D eigenvalue weighted by atomic mass is 9.90. The minimum atomic E-state index is 0.0841. The van der Waals surface area contributed by atoms with Crippen LogP contribution < -0.4 is 4.74 Å². The summed E-state index contributed by atoms with van der Waals surface area (Å²) in [5.41, 5.74) is 5.65. The first-order valence-corrected chi connectivity index (χ1v) is 12.7. The van der Waals surface area contributed by atoms with Gasteiger partial charge < -0.3 is 9.64 Å². The Kier molecular flexibility index (Phi) is 6.63. The van der Waals surface area contributed by atoms with Gasteiger partial charge in [-0.15, -0.1) is 0 Å². The normalized spacial score (nSPS) is 21.2. The summed E-state index contributed by atoms with van der Waals surface area (Å²) in [5, 5.41) is 0. The fraction of sp³-hybridized carbons (Fsp3) is 0.593. The quantitative estimate of drug-likeness (QED) is 0.667. The largest absolute Gasteiger partial charge is 0.496 e. The Morgan fingerprint density at radius 3 is 2.52 bits per heavy atom. The summed E-state index contributed by atoms with van der Waals surface area (Å²) in [6, 6.07) is 4.81. The number of rotatable bonds is 5. The number of hydrogen-bond acceptors (Lipinski definition) is 5. The maximum absolute atomic E-state index is 13.0. The van der Waals surface area contributed by atoms with Crippen LogP contribution >= 0.6 is 0 Å². The fourth-order valence-corrected chi connectivity index (χ4v) is 5.78. The molecule has 2 saturated heterocycles. The molecule has 0 N–H and O–H groups in total. The standard InChI is InChI=1S/C27H36N4O2/c1-19-23(27(32)30-12-6-3-7-13-30)17-28-26(29-19)24-11-8-14-31(24)18-22-15-20-9-4-5-10-21(20)16-25(22)33-2/h15-17,24H,3-14,18H2,1-2H3/t24-/m1/s1. The number of nitrogens with zero attached hydrogens (tertiary/aromatic N) is 4.